The molecular weight excluding hydrogens is 412 g/mol. The van der Waals surface area contributed by atoms with E-state index >= 15 is 0 Å². The lowest BCUT2D eigenvalue weighted by atomic mass is 10.2. The normalized spacial score (nSPS) is 15.5. The second-order valence-electron chi connectivity index (χ2n) is 7.86. The van der Waals surface area contributed by atoms with Crippen molar-refractivity contribution in [1.82, 2.24) is 14.6 Å². The summed E-state index contributed by atoms with van der Waals surface area (Å²) in [6.07, 6.45) is 8.82. The Morgan fingerprint density at radius 1 is 1.10 bits per heavy atom. The smallest absolute Gasteiger partial charge is 0.244 e. The van der Waals surface area contributed by atoms with Crippen molar-refractivity contribution in [3.63, 3.8) is 0 Å². The number of nitrogens with zero attached hydrogens (tertiary/aromatic N) is 3. The topological polar surface area (TPSA) is 82.6 Å². The van der Waals surface area contributed by atoms with Gasteiger partial charge >= 0.3 is 0 Å². The summed E-state index contributed by atoms with van der Waals surface area (Å²) < 4.78 is 27.3. The Kier molecular flexibility index (Phi) is 7.81. The summed E-state index contributed by atoms with van der Waals surface area (Å²) in [6, 6.07) is 10.4. The van der Waals surface area contributed by atoms with Gasteiger partial charge in [-0.3, -0.25) is 4.79 Å². The molecular formula is C23H30N4O3S. The van der Waals surface area contributed by atoms with Crippen LogP contribution < -0.4 is 10.2 Å². The monoisotopic (exact) mass is 442 g/mol. The van der Waals surface area contributed by atoms with Gasteiger partial charge in [0.15, 0.2) is 0 Å². The number of carbonyl (C=O) groups excluding carboxylic acids is 1. The average molecular weight is 443 g/mol. The van der Waals surface area contributed by atoms with Crippen molar-refractivity contribution in [2.45, 2.75) is 37.1 Å². The van der Waals surface area contributed by atoms with Gasteiger partial charge in [-0.15, -0.1) is 0 Å². The molecule has 0 saturated carbocycles. The molecule has 8 heteroatoms. The minimum Gasteiger partial charge on any atom is -0.363 e. The Balaban J connectivity index is 1.57. The van der Waals surface area contributed by atoms with Gasteiger partial charge in [-0.25, -0.2) is 13.4 Å². The van der Waals surface area contributed by atoms with Gasteiger partial charge in [0.1, 0.15) is 5.82 Å². The van der Waals surface area contributed by atoms with Gasteiger partial charge in [0.05, 0.1) is 4.90 Å². The van der Waals surface area contributed by atoms with E-state index in [1.54, 1.807) is 40.8 Å². The van der Waals surface area contributed by atoms with Crippen LogP contribution in [-0.2, 0) is 21.4 Å². The Hall–Kier alpha value is -2.71. The van der Waals surface area contributed by atoms with E-state index < -0.39 is 10.0 Å². The summed E-state index contributed by atoms with van der Waals surface area (Å²) >= 11 is 0. The number of carbonyl (C=O) groups is 1. The number of aromatic nitrogens is 1. The number of benzene rings is 1. The second kappa shape index (κ2) is 10.5. The second-order valence-corrected chi connectivity index (χ2v) is 9.79. The van der Waals surface area contributed by atoms with Gasteiger partial charge in [-0.2, -0.15) is 4.31 Å². The van der Waals surface area contributed by atoms with Gasteiger partial charge in [0, 0.05) is 46.0 Å². The highest BCUT2D eigenvalue weighted by molar-refractivity contribution is 7.89. The number of nitrogens with one attached hydrogen (secondary N) is 1. The SMILES string of the molecule is CN(C)c1cc(CNC(=O)/C=C/c2ccc(S(=O)(=O)N3CCCCCC3)cc2)ccn1. The highest BCUT2D eigenvalue weighted by Gasteiger charge is 2.24. The van der Waals surface area contributed by atoms with Crippen LogP contribution >= 0.6 is 0 Å². The van der Waals surface area contributed by atoms with Crippen LogP contribution in [-0.4, -0.2) is 50.8 Å². The van der Waals surface area contributed by atoms with Crippen LogP contribution in [0.25, 0.3) is 6.08 Å². The highest BCUT2D eigenvalue weighted by atomic mass is 32.2. The van der Waals surface area contributed by atoms with Crippen LogP contribution in [0.5, 0.6) is 0 Å². The van der Waals surface area contributed by atoms with Crippen molar-refractivity contribution in [3.05, 3.63) is 59.8 Å². The molecule has 1 aliphatic heterocycles. The molecule has 1 aliphatic rings. The van der Waals surface area contributed by atoms with E-state index in [0.717, 1.165) is 42.6 Å². The fraction of sp³-hybridized carbons (Fsp3) is 0.391. The lowest BCUT2D eigenvalue weighted by Crippen LogP contribution is -2.31. The summed E-state index contributed by atoms with van der Waals surface area (Å²) in [5, 5.41) is 2.85. The number of rotatable bonds is 7. The maximum Gasteiger partial charge on any atom is 0.244 e. The lowest BCUT2D eigenvalue weighted by molar-refractivity contribution is -0.116. The Bertz CT molecular complexity index is 1010. The molecule has 1 aromatic heterocycles. The predicted octanol–water partition coefficient (Wildman–Crippen LogP) is 3.04. The third kappa shape index (κ3) is 6.38. The van der Waals surface area contributed by atoms with Crippen molar-refractivity contribution in [2.24, 2.45) is 0 Å². The van der Waals surface area contributed by atoms with Crippen LogP contribution in [0, 0.1) is 0 Å². The molecule has 0 bridgehead atoms. The first-order valence-electron chi connectivity index (χ1n) is 10.5. The molecule has 1 fully saturated rings. The molecule has 1 amide bonds. The van der Waals surface area contributed by atoms with E-state index in [9.17, 15) is 13.2 Å². The van der Waals surface area contributed by atoms with Crippen molar-refractivity contribution in [1.29, 1.82) is 0 Å². The molecule has 0 radical (unpaired) electrons. The lowest BCUT2D eigenvalue weighted by Gasteiger charge is -2.19. The summed E-state index contributed by atoms with van der Waals surface area (Å²) in [6.45, 7) is 1.56. The van der Waals surface area contributed by atoms with E-state index in [0.29, 0.717) is 24.5 Å². The summed E-state index contributed by atoms with van der Waals surface area (Å²) in [7, 11) is 0.368. The van der Waals surface area contributed by atoms with Crippen LogP contribution in [0.4, 0.5) is 5.82 Å². The molecule has 1 aromatic carbocycles. The van der Waals surface area contributed by atoms with Gasteiger partial charge in [-0.1, -0.05) is 25.0 Å². The molecule has 31 heavy (non-hydrogen) atoms. The van der Waals surface area contributed by atoms with E-state index in [2.05, 4.69) is 10.3 Å². The fourth-order valence-corrected chi connectivity index (χ4v) is 4.93. The molecule has 1 N–H and O–H groups in total. The summed E-state index contributed by atoms with van der Waals surface area (Å²) in [4.78, 5) is 18.6. The fourth-order valence-electron chi connectivity index (χ4n) is 3.42. The first-order valence-corrected chi connectivity index (χ1v) is 12.0. The third-order valence-electron chi connectivity index (χ3n) is 5.24. The number of amides is 1. The molecule has 1 saturated heterocycles. The van der Waals surface area contributed by atoms with E-state index in [1.807, 2.05) is 31.1 Å². The molecule has 0 atom stereocenters. The number of hydrogen-bond acceptors (Lipinski definition) is 5. The maximum atomic E-state index is 12.8. The standard InChI is InChI=1S/C23H30N4O3S/c1-26(2)22-17-20(13-14-24-22)18-25-23(28)12-9-19-7-10-21(11-8-19)31(29,30)27-15-5-3-4-6-16-27/h7-14,17H,3-6,15-16,18H2,1-2H3,(H,25,28)/b12-9+. The third-order valence-corrected chi connectivity index (χ3v) is 7.16. The molecule has 0 unspecified atom stereocenters. The molecule has 2 aromatic rings. The van der Waals surface area contributed by atoms with Gasteiger partial charge < -0.3 is 10.2 Å². The van der Waals surface area contributed by atoms with Crippen LogP contribution in [0.3, 0.4) is 0 Å². The van der Waals surface area contributed by atoms with Gasteiger partial charge in [-0.05, 0) is 54.3 Å². The van der Waals surface area contributed by atoms with Crippen LogP contribution in [0.1, 0.15) is 36.8 Å². The van der Waals surface area contributed by atoms with Crippen molar-refractivity contribution < 1.29 is 13.2 Å². The highest BCUT2D eigenvalue weighted by Crippen LogP contribution is 2.21. The Morgan fingerprint density at radius 2 is 1.77 bits per heavy atom. The zero-order chi connectivity index (χ0) is 22.3. The first kappa shape index (κ1) is 23.0. The number of sulfonamides is 1. The predicted molar refractivity (Wildman–Crippen MR) is 123 cm³/mol. The minimum atomic E-state index is -3.46. The van der Waals surface area contributed by atoms with E-state index in [4.69, 9.17) is 0 Å². The maximum absolute atomic E-state index is 12.8. The van der Waals surface area contributed by atoms with E-state index in [-0.39, 0.29) is 5.91 Å². The summed E-state index contributed by atoms with van der Waals surface area (Å²) in [5.74, 6) is 0.613. The Morgan fingerprint density at radius 3 is 2.42 bits per heavy atom. The molecule has 2 heterocycles. The zero-order valence-corrected chi connectivity index (χ0v) is 18.9. The quantitative estimate of drug-likeness (QED) is 0.667. The molecule has 0 aliphatic carbocycles. The molecule has 3 rings (SSSR count). The minimum absolute atomic E-state index is 0.218. The first-order chi connectivity index (χ1) is 14.9. The Labute approximate surface area is 184 Å². The van der Waals surface area contributed by atoms with Crippen molar-refractivity contribution in [3.8, 4) is 0 Å². The van der Waals surface area contributed by atoms with Crippen LogP contribution in [0.2, 0.25) is 0 Å². The summed E-state index contributed by atoms with van der Waals surface area (Å²) in [5.41, 5.74) is 1.73. The number of pyridine rings is 1. The van der Waals surface area contributed by atoms with Crippen molar-refractivity contribution in [2.75, 3.05) is 32.1 Å². The molecule has 166 valence electrons. The van der Waals surface area contributed by atoms with Crippen LogP contribution in [0.15, 0.2) is 53.6 Å². The average Bonchev–Trinajstić information content (AvgIpc) is 3.07. The molecule has 7 nitrogen and oxygen atoms in total. The van der Waals surface area contributed by atoms with E-state index in [1.165, 1.54) is 6.08 Å². The van der Waals surface area contributed by atoms with Gasteiger partial charge in [0.2, 0.25) is 15.9 Å². The largest absolute Gasteiger partial charge is 0.363 e. The number of hydrogen-bond donors (Lipinski definition) is 1. The van der Waals surface area contributed by atoms with Crippen molar-refractivity contribution >= 4 is 27.8 Å². The number of anilines is 1. The van der Waals surface area contributed by atoms with Gasteiger partial charge in [0.25, 0.3) is 0 Å². The zero-order valence-electron chi connectivity index (χ0n) is 18.1. The molecule has 0 spiro atoms.